The molecule has 14 heavy (non-hydrogen) atoms. The minimum Gasteiger partial charge on any atom is -0.342 e. The topological polar surface area (TPSA) is 32.3 Å². The van der Waals surface area contributed by atoms with E-state index in [9.17, 15) is 4.79 Å². The number of likely N-dealkylation sites (tertiary alicyclic amines) is 1. The van der Waals surface area contributed by atoms with Gasteiger partial charge in [-0.1, -0.05) is 0 Å². The predicted molar refractivity (Wildman–Crippen MR) is 53.9 cm³/mol. The molecule has 3 aliphatic heterocycles. The molecule has 1 amide bonds. The summed E-state index contributed by atoms with van der Waals surface area (Å²) >= 11 is 0. The Bertz CT molecular complexity index is 248. The fraction of sp³-hybridized carbons (Fsp3) is 0.909. The number of hydrogen-bond acceptors (Lipinski definition) is 2. The van der Waals surface area contributed by atoms with E-state index in [1.807, 2.05) is 0 Å². The van der Waals surface area contributed by atoms with E-state index in [4.69, 9.17) is 0 Å². The molecule has 3 heteroatoms. The van der Waals surface area contributed by atoms with Gasteiger partial charge in [0.15, 0.2) is 0 Å². The van der Waals surface area contributed by atoms with Gasteiger partial charge in [0.25, 0.3) is 0 Å². The molecule has 3 saturated heterocycles. The van der Waals surface area contributed by atoms with E-state index in [2.05, 4.69) is 10.2 Å². The van der Waals surface area contributed by atoms with Gasteiger partial charge >= 0.3 is 0 Å². The minimum atomic E-state index is 0.312. The Morgan fingerprint density at radius 2 is 2.00 bits per heavy atom. The van der Waals surface area contributed by atoms with Gasteiger partial charge in [0.05, 0.1) is 5.92 Å². The SMILES string of the molecule is O=C(C1CC2CCC1N2)N1CCCC1. The zero-order valence-electron chi connectivity index (χ0n) is 8.54. The summed E-state index contributed by atoms with van der Waals surface area (Å²) in [6.07, 6.45) is 6.02. The number of nitrogens with zero attached hydrogens (tertiary/aromatic N) is 1. The molecule has 0 aliphatic carbocycles. The molecule has 78 valence electrons. The normalized spacial score (nSPS) is 40.9. The molecule has 3 heterocycles. The quantitative estimate of drug-likeness (QED) is 0.668. The van der Waals surface area contributed by atoms with Crippen LogP contribution in [0.3, 0.4) is 0 Å². The van der Waals surface area contributed by atoms with Gasteiger partial charge in [0, 0.05) is 25.2 Å². The first-order valence-corrected chi connectivity index (χ1v) is 5.89. The predicted octanol–water partition coefficient (Wildman–Crippen LogP) is 0.749. The van der Waals surface area contributed by atoms with Gasteiger partial charge in [-0.05, 0) is 32.1 Å². The second-order valence-corrected chi connectivity index (χ2v) is 4.92. The van der Waals surface area contributed by atoms with Crippen molar-refractivity contribution in [1.82, 2.24) is 10.2 Å². The average molecular weight is 194 g/mol. The number of nitrogens with one attached hydrogen (secondary N) is 1. The number of carbonyl (C=O) groups is 1. The Kier molecular flexibility index (Phi) is 2.01. The Labute approximate surface area is 84.8 Å². The van der Waals surface area contributed by atoms with Gasteiger partial charge in [-0.15, -0.1) is 0 Å². The van der Waals surface area contributed by atoms with Crippen LogP contribution < -0.4 is 5.32 Å². The summed E-state index contributed by atoms with van der Waals surface area (Å²) in [6, 6.07) is 1.16. The molecule has 1 N–H and O–H groups in total. The van der Waals surface area contributed by atoms with Crippen molar-refractivity contribution in [2.24, 2.45) is 5.92 Å². The first-order valence-electron chi connectivity index (χ1n) is 5.89. The second-order valence-electron chi connectivity index (χ2n) is 4.92. The van der Waals surface area contributed by atoms with Gasteiger partial charge in [-0.25, -0.2) is 0 Å². The maximum Gasteiger partial charge on any atom is 0.227 e. The van der Waals surface area contributed by atoms with Crippen LogP contribution in [0, 0.1) is 5.92 Å². The summed E-state index contributed by atoms with van der Waals surface area (Å²) in [7, 11) is 0. The van der Waals surface area contributed by atoms with E-state index in [0.29, 0.717) is 23.9 Å². The van der Waals surface area contributed by atoms with Crippen LogP contribution in [0.4, 0.5) is 0 Å². The van der Waals surface area contributed by atoms with Crippen LogP contribution in [-0.2, 0) is 4.79 Å². The molecule has 3 unspecified atom stereocenters. The van der Waals surface area contributed by atoms with Crippen molar-refractivity contribution in [3.8, 4) is 0 Å². The van der Waals surface area contributed by atoms with Crippen molar-refractivity contribution in [2.75, 3.05) is 13.1 Å². The Morgan fingerprint density at radius 1 is 1.21 bits per heavy atom. The third kappa shape index (κ3) is 1.26. The molecule has 3 atom stereocenters. The number of hydrogen-bond donors (Lipinski definition) is 1. The molecular formula is C11H18N2O. The maximum atomic E-state index is 12.1. The molecule has 0 aromatic heterocycles. The van der Waals surface area contributed by atoms with Gasteiger partial charge in [-0.2, -0.15) is 0 Å². The Morgan fingerprint density at radius 3 is 2.57 bits per heavy atom. The van der Waals surface area contributed by atoms with Gasteiger partial charge in [-0.3, -0.25) is 4.79 Å². The summed E-state index contributed by atoms with van der Waals surface area (Å²) < 4.78 is 0. The van der Waals surface area contributed by atoms with Crippen LogP contribution in [-0.4, -0.2) is 36.0 Å². The first kappa shape index (κ1) is 8.72. The van der Waals surface area contributed by atoms with Gasteiger partial charge < -0.3 is 10.2 Å². The molecule has 3 rings (SSSR count). The van der Waals surface area contributed by atoms with Crippen LogP contribution >= 0.6 is 0 Å². The molecule has 0 saturated carbocycles. The summed E-state index contributed by atoms with van der Waals surface area (Å²) in [6.45, 7) is 2.01. The van der Waals surface area contributed by atoms with Gasteiger partial charge in [0.2, 0.25) is 5.91 Å². The Hall–Kier alpha value is -0.570. The average Bonchev–Trinajstić information content (AvgIpc) is 2.93. The molecule has 0 aromatic carbocycles. The summed E-state index contributed by atoms with van der Waals surface area (Å²) in [5.41, 5.74) is 0. The highest BCUT2D eigenvalue weighted by atomic mass is 16.2. The van der Waals surface area contributed by atoms with Crippen LogP contribution in [0.15, 0.2) is 0 Å². The lowest BCUT2D eigenvalue weighted by atomic mass is 9.88. The van der Waals surface area contributed by atoms with Crippen LogP contribution in [0.1, 0.15) is 32.1 Å². The van der Waals surface area contributed by atoms with Crippen LogP contribution in [0.5, 0.6) is 0 Å². The zero-order chi connectivity index (χ0) is 9.54. The lowest BCUT2D eigenvalue weighted by Crippen LogP contribution is -2.39. The van der Waals surface area contributed by atoms with E-state index >= 15 is 0 Å². The van der Waals surface area contributed by atoms with E-state index in [-0.39, 0.29) is 0 Å². The molecule has 3 nitrogen and oxygen atoms in total. The van der Waals surface area contributed by atoms with Crippen molar-refractivity contribution in [2.45, 2.75) is 44.2 Å². The molecule has 0 spiro atoms. The number of carbonyl (C=O) groups excluding carboxylic acids is 1. The van der Waals surface area contributed by atoms with Crippen LogP contribution in [0.25, 0.3) is 0 Å². The third-order valence-electron chi connectivity index (χ3n) is 4.03. The van der Waals surface area contributed by atoms with Gasteiger partial charge in [0.1, 0.15) is 0 Å². The first-order chi connectivity index (χ1) is 6.84. The van der Waals surface area contributed by atoms with Crippen molar-refractivity contribution in [3.63, 3.8) is 0 Å². The monoisotopic (exact) mass is 194 g/mol. The van der Waals surface area contributed by atoms with Crippen molar-refractivity contribution in [1.29, 1.82) is 0 Å². The standard InChI is InChI=1S/C11H18N2O/c14-11(13-5-1-2-6-13)9-7-8-3-4-10(9)12-8/h8-10,12H,1-7H2. The lowest BCUT2D eigenvalue weighted by Gasteiger charge is -2.24. The molecule has 0 aromatic rings. The minimum absolute atomic E-state index is 0.312. The fourth-order valence-electron chi connectivity index (χ4n) is 3.27. The molecular weight excluding hydrogens is 176 g/mol. The Balaban J connectivity index is 1.67. The van der Waals surface area contributed by atoms with Crippen LogP contribution in [0.2, 0.25) is 0 Å². The third-order valence-corrected chi connectivity index (χ3v) is 4.03. The molecule has 3 fully saturated rings. The van der Waals surface area contributed by atoms with E-state index in [1.165, 1.54) is 25.7 Å². The fourth-order valence-corrected chi connectivity index (χ4v) is 3.27. The van der Waals surface area contributed by atoms with Crippen molar-refractivity contribution < 1.29 is 4.79 Å². The largest absolute Gasteiger partial charge is 0.342 e. The number of rotatable bonds is 1. The van der Waals surface area contributed by atoms with E-state index in [1.54, 1.807) is 0 Å². The molecule has 3 aliphatic rings. The van der Waals surface area contributed by atoms with Crippen molar-refractivity contribution in [3.05, 3.63) is 0 Å². The zero-order valence-corrected chi connectivity index (χ0v) is 8.54. The maximum absolute atomic E-state index is 12.1. The van der Waals surface area contributed by atoms with E-state index < -0.39 is 0 Å². The smallest absolute Gasteiger partial charge is 0.227 e. The highest BCUT2D eigenvalue weighted by molar-refractivity contribution is 5.80. The summed E-state index contributed by atoms with van der Waals surface area (Å²) in [5, 5.41) is 3.53. The molecule has 2 bridgehead atoms. The highest BCUT2D eigenvalue weighted by Gasteiger charge is 2.44. The molecule has 0 radical (unpaired) electrons. The second kappa shape index (κ2) is 3.23. The summed E-state index contributed by atoms with van der Waals surface area (Å²) in [4.78, 5) is 14.2. The van der Waals surface area contributed by atoms with Crippen molar-refractivity contribution >= 4 is 5.91 Å². The summed E-state index contributed by atoms with van der Waals surface area (Å²) in [5.74, 6) is 0.744. The highest BCUT2D eigenvalue weighted by Crippen LogP contribution is 2.34. The van der Waals surface area contributed by atoms with E-state index in [0.717, 1.165) is 19.5 Å². The number of fused-ring (bicyclic) bond motifs is 2. The number of amides is 1. The lowest BCUT2D eigenvalue weighted by molar-refractivity contribution is -0.135.